The zero-order valence-corrected chi connectivity index (χ0v) is 14.6. The van der Waals surface area contributed by atoms with Crippen molar-refractivity contribution in [2.24, 2.45) is 5.92 Å². The number of ether oxygens (including phenoxy) is 2. The number of carbonyl (C=O) groups excluding carboxylic acids is 1. The number of methoxy groups -OCH3 is 1. The first-order chi connectivity index (χ1) is 13.2. The van der Waals surface area contributed by atoms with Crippen LogP contribution in [0.3, 0.4) is 0 Å². The molecule has 9 heteroatoms. The molecule has 0 radical (unpaired) electrons. The number of amides is 1. The highest BCUT2D eigenvalue weighted by Crippen LogP contribution is 2.30. The molecule has 0 bridgehead atoms. The predicted octanol–water partition coefficient (Wildman–Crippen LogP) is 1.40. The number of rotatable bonds is 5. The number of nitrogens with zero attached hydrogens (tertiary/aromatic N) is 4. The summed E-state index contributed by atoms with van der Waals surface area (Å²) in [6, 6.07) is 7.28. The minimum absolute atomic E-state index is 0.125. The molecule has 138 valence electrons. The first kappa shape index (κ1) is 17.0. The van der Waals surface area contributed by atoms with E-state index in [1.165, 1.54) is 0 Å². The molecule has 1 N–H and O–H groups in total. The number of benzene rings is 1. The Kier molecular flexibility index (Phi) is 4.65. The highest BCUT2D eigenvalue weighted by Gasteiger charge is 2.26. The second-order valence-electron chi connectivity index (χ2n) is 5.99. The molecule has 27 heavy (non-hydrogen) atoms. The van der Waals surface area contributed by atoms with Crippen molar-refractivity contribution in [1.82, 2.24) is 25.4 Å². The van der Waals surface area contributed by atoms with Crippen LogP contribution in [0.2, 0.25) is 0 Å². The molecular formula is C18H17N5O4. The van der Waals surface area contributed by atoms with Crippen LogP contribution in [0.15, 0.2) is 41.2 Å². The Hall–Kier alpha value is -3.49. The maximum absolute atomic E-state index is 12.5. The fourth-order valence-electron chi connectivity index (χ4n) is 2.81. The van der Waals surface area contributed by atoms with Crippen LogP contribution in [-0.2, 0) is 17.8 Å². The normalized spacial score (nSPS) is 15.5. The lowest BCUT2D eigenvalue weighted by Crippen LogP contribution is -2.37. The molecule has 1 aliphatic heterocycles. The number of carbonyl (C=O) groups is 1. The lowest BCUT2D eigenvalue weighted by Gasteiger charge is -2.24. The molecular weight excluding hydrogens is 350 g/mol. The fraction of sp³-hybridized carbons (Fsp3) is 0.278. The van der Waals surface area contributed by atoms with E-state index in [4.69, 9.17) is 14.0 Å². The highest BCUT2D eigenvalue weighted by molar-refractivity contribution is 5.79. The summed E-state index contributed by atoms with van der Waals surface area (Å²) in [7, 11) is 1.61. The summed E-state index contributed by atoms with van der Waals surface area (Å²) < 4.78 is 16.1. The van der Waals surface area contributed by atoms with Gasteiger partial charge >= 0.3 is 0 Å². The van der Waals surface area contributed by atoms with Crippen molar-refractivity contribution < 1.29 is 18.8 Å². The summed E-state index contributed by atoms with van der Waals surface area (Å²) in [6.45, 7) is 0.443. The average molecular weight is 367 g/mol. The highest BCUT2D eigenvalue weighted by atomic mass is 16.5. The minimum Gasteiger partial charge on any atom is -0.497 e. The summed E-state index contributed by atoms with van der Waals surface area (Å²) in [6.07, 6.45) is 3.76. The third-order valence-corrected chi connectivity index (χ3v) is 4.19. The van der Waals surface area contributed by atoms with Crippen LogP contribution in [0.1, 0.15) is 11.5 Å². The third-order valence-electron chi connectivity index (χ3n) is 4.19. The zero-order chi connectivity index (χ0) is 18.6. The van der Waals surface area contributed by atoms with Crippen LogP contribution in [0.4, 0.5) is 0 Å². The van der Waals surface area contributed by atoms with E-state index in [9.17, 15) is 4.79 Å². The lowest BCUT2D eigenvalue weighted by molar-refractivity contribution is -0.126. The molecule has 2 aromatic heterocycles. The van der Waals surface area contributed by atoms with Crippen molar-refractivity contribution in [3.05, 3.63) is 48.1 Å². The van der Waals surface area contributed by atoms with Gasteiger partial charge in [0.25, 0.3) is 0 Å². The molecule has 1 aromatic carbocycles. The van der Waals surface area contributed by atoms with Crippen molar-refractivity contribution in [2.75, 3.05) is 13.7 Å². The van der Waals surface area contributed by atoms with Crippen molar-refractivity contribution >= 4 is 5.91 Å². The molecule has 0 unspecified atom stereocenters. The van der Waals surface area contributed by atoms with E-state index in [-0.39, 0.29) is 30.1 Å². The topological polar surface area (TPSA) is 112 Å². The number of hydrogen-bond donors (Lipinski definition) is 1. The molecule has 0 saturated heterocycles. The molecule has 1 amide bonds. The first-order valence-electron chi connectivity index (χ1n) is 8.40. The largest absolute Gasteiger partial charge is 0.497 e. The second kappa shape index (κ2) is 7.40. The van der Waals surface area contributed by atoms with Gasteiger partial charge in [-0.3, -0.25) is 4.79 Å². The molecule has 3 aromatic rings. The summed E-state index contributed by atoms with van der Waals surface area (Å²) in [5.41, 5.74) is 0.946. The van der Waals surface area contributed by atoms with E-state index in [0.717, 1.165) is 17.1 Å². The molecule has 0 aliphatic carbocycles. The molecule has 1 atom stereocenters. The van der Waals surface area contributed by atoms with Gasteiger partial charge in [-0.25, -0.2) is 9.97 Å². The van der Waals surface area contributed by atoms with Crippen LogP contribution in [0.25, 0.3) is 11.6 Å². The predicted molar refractivity (Wildman–Crippen MR) is 92.9 cm³/mol. The first-order valence-corrected chi connectivity index (χ1v) is 8.40. The van der Waals surface area contributed by atoms with Gasteiger partial charge in [0, 0.05) is 12.4 Å². The Morgan fingerprint density at radius 1 is 1.30 bits per heavy atom. The Morgan fingerprint density at radius 2 is 2.15 bits per heavy atom. The zero-order valence-electron chi connectivity index (χ0n) is 14.6. The van der Waals surface area contributed by atoms with Gasteiger partial charge in [0.05, 0.1) is 19.6 Å². The smallest absolute Gasteiger partial charge is 0.246 e. The standard InChI is InChI=1S/C18H17N5O4/c1-25-13-3-4-14-11(8-13)7-12(10-26-14)18(24)21-9-15-22-17(23-27-15)16-19-5-2-6-20-16/h2-6,8,12H,7,9-10H2,1H3,(H,21,24)/t12-/m1/s1. The maximum Gasteiger partial charge on any atom is 0.246 e. The molecule has 4 rings (SSSR count). The van der Waals surface area contributed by atoms with Gasteiger partial charge in [0.15, 0.2) is 0 Å². The lowest BCUT2D eigenvalue weighted by atomic mass is 9.96. The molecule has 3 heterocycles. The van der Waals surface area contributed by atoms with Crippen molar-refractivity contribution in [3.8, 4) is 23.1 Å². The van der Waals surface area contributed by atoms with Gasteiger partial charge in [0.2, 0.25) is 23.4 Å². The Morgan fingerprint density at radius 3 is 2.96 bits per heavy atom. The molecule has 0 fully saturated rings. The number of aromatic nitrogens is 4. The van der Waals surface area contributed by atoms with Gasteiger partial charge in [-0.2, -0.15) is 4.98 Å². The number of fused-ring (bicyclic) bond motifs is 1. The van der Waals surface area contributed by atoms with Gasteiger partial charge in [-0.1, -0.05) is 5.16 Å². The van der Waals surface area contributed by atoms with E-state index in [1.54, 1.807) is 25.6 Å². The monoisotopic (exact) mass is 367 g/mol. The maximum atomic E-state index is 12.5. The number of hydrogen-bond acceptors (Lipinski definition) is 8. The molecule has 1 aliphatic rings. The average Bonchev–Trinajstić information content (AvgIpc) is 3.21. The van der Waals surface area contributed by atoms with Crippen LogP contribution >= 0.6 is 0 Å². The fourth-order valence-corrected chi connectivity index (χ4v) is 2.81. The van der Waals surface area contributed by atoms with Crippen molar-refractivity contribution in [1.29, 1.82) is 0 Å². The minimum atomic E-state index is -0.301. The van der Waals surface area contributed by atoms with E-state index in [2.05, 4.69) is 25.4 Å². The Labute approximate surface area is 154 Å². The third kappa shape index (κ3) is 3.71. The van der Waals surface area contributed by atoms with E-state index in [1.807, 2.05) is 18.2 Å². The van der Waals surface area contributed by atoms with Gasteiger partial charge in [-0.15, -0.1) is 0 Å². The van der Waals surface area contributed by atoms with Crippen LogP contribution in [0.5, 0.6) is 11.5 Å². The second-order valence-corrected chi connectivity index (χ2v) is 5.99. The van der Waals surface area contributed by atoms with E-state index >= 15 is 0 Å². The van der Waals surface area contributed by atoms with Crippen LogP contribution < -0.4 is 14.8 Å². The summed E-state index contributed by atoms with van der Waals surface area (Å²) in [5.74, 6) is 2.00. The van der Waals surface area contributed by atoms with Crippen molar-refractivity contribution in [2.45, 2.75) is 13.0 Å². The van der Waals surface area contributed by atoms with Gasteiger partial charge < -0.3 is 19.3 Å². The molecule has 0 spiro atoms. The Bertz CT molecular complexity index is 944. The Balaban J connectivity index is 1.37. The van der Waals surface area contributed by atoms with E-state index < -0.39 is 0 Å². The summed E-state index contributed by atoms with van der Waals surface area (Å²) >= 11 is 0. The van der Waals surface area contributed by atoms with Gasteiger partial charge in [-0.05, 0) is 36.2 Å². The van der Waals surface area contributed by atoms with E-state index in [0.29, 0.717) is 18.9 Å². The van der Waals surface area contributed by atoms with Crippen LogP contribution in [-0.4, -0.2) is 39.7 Å². The molecule has 9 nitrogen and oxygen atoms in total. The quantitative estimate of drug-likeness (QED) is 0.720. The number of nitrogens with one attached hydrogen (secondary N) is 1. The van der Waals surface area contributed by atoms with Crippen molar-refractivity contribution in [3.63, 3.8) is 0 Å². The SMILES string of the molecule is COc1ccc2c(c1)C[C@@H](C(=O)NCc1nc(-c3ncccn3)no1)CO2. The molecule has 0 saturated carbocycles. The van der Waals surface area contributed by atoms with Crippen LogP contribution in [0, 0.1) is 5.92 Å². The summed E-state index contributed by atoms with van der Waals surface area (Å²) in [5, 5.41) is 6.63. The summed E-state index contributed by atoms with van der Waals surface area (Å²) in [4.78, 5) is 24.8. The van der Waals surface area contributed by atoms with Gasteiger partial charge in [0.1, 0.15) is 18.1 Å².